The minimum Gasteiger partial charge on any atom is -0.481 e. The molecule has 3 fully saturated rings. The SMILES string of the molecule is C[C@@H](CCC(=O)O)[C@@H]1CC[C@@H]2[C@@H]3C=C[C@@H]4CCCC[C@]4(C)[C@@H]3CC[C@@]21C. The third kappa shape index (κ3) is 2.78. The van der Waals surface area contributed by atoms with Gasteiger partial charge in [-0.3, -0.25) is 4.79 Å². The fourth-order valence-electron chi connectivity index (χ4n) is 8.18. The van der Waals surface area contributed by atoms with Crippen LogP contribution in [-0.4, -0.2) is 11.1 Å². The lowest BCUT2D eigenvalue weighted by Gasteiger charge is -2.58. The minimum absolute atomic E-state index is 0.337. The molecule has 0 aromatic carbocycles. The van der Waals surface area contributed by atoms with Crippen molar-refractivity contribution in [3.05, 3.63) is 12.2 Å². The number of carbonyl (C=O) groups is 1. The van der Waals surface area contributed by atoms with E-state index in [2.05, 4.69) is 32.9 Å². The first-order valence-electron chi connectivity index (χ1n) is 11.3. The van der Waals surface area contributed by atoms with Gasteiger partial charge in [0, 0.05) is 6.42 Å². The molecule has 146 valence electrons. The largest absolute Gasteiger partial charge is 0.481 e. The van der Waals surface area contributed by atoms with Crippen LogP contribution in [0.15, 0.2) is 12.2 Å². The van der Waals surface area contributed by atoms with Crippen LogP contribution >= 0.6 is 0 Å². The summed E-state index contributed by atoms with van der Waals surface area (Å²) < 4.78 is 0. The van der Waals surface area contributed by atoms with E-state index in [1.807, 2.05) is 0 Å². The van der Waals surface area contributed by atoms with Crippen LogP contribution in [0.2, 0.25) is 0 Å². The van der Waals surface area contributed by atoms with Crippen LogP contribution in [0.4, 0.5) is 0 Å². The Labute approximate surface area is 159 Å². The molecule has 0 saturated heterocycles. The van der Waals surface area contributed by atoms with Crippen molar-refractivity contribution in [3.63, 3.8) is 0 Å². The van der Waals surface area contributed by atoms with Gasteiger partial charge in [-0.2, -0.15) is 0 Å². The highest BCUT2D eigenvalue weighted by Gasteiger charge is 2.58. The summed E-state index contributed by atoms with van der Waals surface area (Å²) in [4.78, 5) is 11.0. The summed E-state index contributed by atoms with van der Waals surface area (Å²) in [7, 11) is 0. The highest BCUT2D eigenvalue weighted by Crippen LogP contribution is 2.66. The molecule has 26 heavy (non-hydrogen) atoms. The summed E-state index contributed by atoms with van der Waals surface area (Å²) in [5.41, 5.74) is 0.979. The topological polar surface area (TPSA) is 37.3 Å². The highest BCUT2D eigenvalue weighted by molar-refractivity contribution is 5.66. The number of carboxylic acids is 1. The third-order valence-electron chi connectivity index (χ3n) is 9.65. The summed E-state index contributed by atoms with van der Waals surface area (Å²) in [5.74, 6) is 3.96. The summed E-state index contributed by atoms with van der Waals surface area (Å²) in [6.45, 7) is 7.50. The molecule has 0 aromatic heterocycles. The second-order valence-corrected chi connectivity index (χ2v) is 10.7. The molecule has 4 rings (SSSR count). The van der Waals surface area contributed by atoms with Crippen LogP contribution in [0, 0.1) is 46.3 Å². The van der Waals surface area contributed by atoms with Crippen LogP contribution in [0.25, 0.3) is 0 Å². The molecule has 0 aromatic rings. The molecule has 4 aliphatic carbocycles. The van der Waals surface area contributed by atoms with Gasteiger partial charge >= 0.3 is 5.97 Å². The molecule has 0 heterocycles. The fraction of sp³-hybridized carbons (Fsp3) is 0.875. The Balaban J connectivity index is 1.55. The molecule has 0 radical (unpaired) electrons. The van der Waals surface area contributed by atoms with Gasteiger partial charge in [0.15, 0.2) is 0 Å². The molecule has 0 unspecified atom stereocenters. The van der Waals surface area contributed by atoms with E-state index < -0.39 is 5.97 Å². The first kappa shape index (κ1) is 18.6. The molecule has 0 bridgehead atoms. The predicted molar refractivity (Wildman–Crippen MR) is 106 cm³/mol. The Hall–Kier alpha value is -0.790. The van der Waals surface area contributed by atoms with E-state index in [-0.39, 0.29) is 0 Å². The quantitative estimate of drug-likeness (QED) is 0.598. The lowest BCUT2D eigenvalue weighted by Crippen LogP contribution is -2.51. The van der Waals surface area contributed by atoms with Crippen molar-refractivity contribution in [1.29, 1.82) is 0 Å². The second kappa shape index (κ2) is 6.67. The molecule has 0 amide bonds. The number of aliphatic carboxylic acids is 1. The van der Waals surface area contributed by atoms with E-state index in [0.717, 1.165) is 36.0 Å². The molecular weight excluding hydrogens is 320 g/mol. The number of rotatable bonds is 4. The lowest BCUT2D eigenvalue weighted by molar-refractivity contribution is -0.137. The van der Waals surface area contributed by atoms with Gasteiger partial charge in [-0.05, 0) is 91.3 Å². The normalized spacial score (nSPS) is 48.3. The smallest absolute Gasteiger partial charge is 0.303 e. The zero-order chi connectivity index (χ0) is 18.5. The average Bonchev–Trinajstić information content (AvgIpc) is 2.96. The minimum atomic E-state index is -0.633. The van der Waals surface area contributed by atoms with Crippen molar-refractivity contribution in [2.45, 2.75) is 85.0 Å². The Bertz CT molecular complexity index is 581. The second-order valence-electron chi connectivity index (χ2n) is 10.7. The van der Waals surface area contributed by atoms with Gasteiger partial charge in [-0.25, -0.2) is 0 Å². The molecule has 0 aliphatic heterocycles. The predicted octanol–water partition coefficient (Wildman–Crippen LogP) is 6.31. The van der Waals surface area contributed by atoms with E-state index in [9.17, 15) is 4.79 Å². The molecule has 4 aliphatic rings. The van der Waals surface area contributed by atoms with Crippen molar-refractivity contribution in [3.8, 4) is 0 Å². The summed E-state index contributed by atoms with van der Waals surface area (Å²) in [5, 5.41) is 9.09. The number of carboxylic acid groups (broad SMARTS) is 1. The third-order valence-corrected chi connectivity index (χ3v) is 9.65. The van der Waals surface area contributed by atoms with E-state index in [1.165, 1.54) is 51.4 Å². The van der Waals surface area contributed by atoms with Crippen molar-refractivity contribution in [1.82, 2.24) is 0 Å². The Morgan fingerprint density at radius 3 is 2.58 bits per heavy atom. The number of allylic oxidation sites excluding steroid dienone is 2. The molecule has 2 heteroatoms. The van der Waals surface area contributed by atoms with Gasteiger partial charge < -0.3 is 5.11 Å². The molecule has 1 N–H and O–H groups in total. The molecule has 8 atom stereocenters. The summed E-state index contributed by atoms with van der Waals surface area (Å²) >= 11 is 0. The van der Waals surface area contributed by atoms with Crippen molar-refractivity contribution < 1.29 is 9.90 Å². The van der Waals surface area contributed by atoms with Crippen molar-refractivity contribution >= 4 is 5.97 Å². The van der Waals surface area contributed by atoms with E-state index >= 15 is 0 Å². The standard InChI is InChI=1S/C24H38O2/c1-16(7-12-22(25)26)19-10-11-20-18-9-8-17-6-4-5-14-23(17,2)21(18)13-15-24(19,20)3/h8-9,16-21H,4-7,10-15H2,1-3H3,(H,25,26)/t16-,17-,18-,19-,20+,21+,23-,24+/m0/s1. The van der Waals surface area contributed by atoms with Gasteiger partial charge in [0.05, 0.1) is 0 Å². The first-order valence-corrected chi connectivity index (χ1v) is 11.3. The first-order chi connectivity index (χ1) is 12.4. The van der Waals surface area contributed by atoms with Gasteiger partial charge in [-0.1, -0.05) is 45.8 Å². The van der Waals surface area contributed by atoms with Gasteiger partial charge in [0.25, 0.3) is 0 Å². The highest BCUT2D eigenvalue weighted by atomic mass is 16.4. The monoisotopic (exact) mass is 358 g/mol. The van der Waals surface area contributed by atoms with Gasteiger partial charge in [0.1, 0.15) is 0 Å². The van der Waals surface area contributed by atoms with Crippen LogP contribution in [-0.2, 0) is 4.79 Å². The Kier molecular flexibility index (Phi) is 4.77. The van der Waals surface area contributed by atoms with Crippen molar-refractivity contribution in [2.75, 3.05) is 0 Å². The molecule has 2 nitrogen and oxygen atoms in total. The average molecular weight is 359 g/mol. The summed E-state index contributed by atoms with van der Waals surface area (Å²) in [6.07, 6.45) is 17.6. The van der Waals surface area contributed by atoms with Crippen molar-refractivity contribution in [2.24, 2.45) is 46.3 Å². The van der Waals surface area contributed by atoms with Gasteiger partial charge in [-0.15, -0.1) is 0 Å². The Morgan fingerprint density at radius 2 is 1.81 bits per heavy atom. The van der Waals surface area contributed by atoms with Crippen LogP contribution in [0.5, 0.6) is 0 Å². The maximum Gasteiger partial charge on any atom is 0.303 e. The van der Waals surface area contributed by atoms with E-state index in [4.69, 9.17) is 5.11 Å². The number of fused-ring (bicyclic) bond motifs is 5. The zero-order valence-corrected chi connectivity index (χ0v) is 17.0. The maximum atomic E-state index is 11.0. The molecule has 0 spiro atoms. The van der Waals surface area contributed by atoms with Crippen LogP contribution < -0.4 is 0 Å². The number of hydrogen-bond donors (Lipinski definition) is 1. The van der Waals surface area contributed by atoms with E-state index in [0.29, 0.717) is 23.2 Å². The zero-order valence-electron chi connectivity index (χ0n) is 17.0. The number of hydrogen-bond acceptors (Lipinski definition) is 1. The van der Waals surface area contributed by atoms with Crippen LogP contribution in [0.1, 0.15) is 85.0 Å². The molecular formula is C24H38O2. The maximum absolute atomic E-state index is 11.0. The lowest BCUT2D eigenvalue weighted by atomic mass is 9.46. The molecule has 3 saturated carbocycles. The Morgan fingerprint density at radius 1 is 1.04 bits per heavy atom. The van der Waals surface area contributed by atoms with Gasteiger partial charge in [0.2, 0.25) is 0 Å². The fourth-order valence-corrected chi connectivity index (χ4v) is 8.18. The van der Waals surface area contributed by atoms with Crippen LogP contribution in [0.3, 0.4) is 0 Å². The summed E-state index contributed by atoms with van der Waals surface area (Å²) in [6, 6.07) is 0. The van der Waals surface area contributed by atoms with E-state index in [1.54, 1.807) is 0 Å².